The van der Waals surface area contributed by atoms with Crippen LogP contribution in [0.15, 0.2) is 48.5 Å². The van der Waals surface area contributed by atoms with Crippen molar-refractivity contribution in [3.8, 4) is 16.9 Å². The first-order chi connectivity index (χ1) is 12.9. The molecule has 0 aromatic heterocycles. The molecular weight excluding hydrogens is 342 g/mol. The number of carboxylic acid groups (broad SMARTS) is 1. The maximum Gasteiger partial charge on any atom is 0.307 e. The molecule has 3 rings (SSSR count). The normalized spacial score (nSPS) is 19.7. The lowest BCUT2D eigenvalue weighted by atomic mass is 9.72. The molecule has 3 unspecified atom stereocenters. The topological polar surface area (TPSA) is 66.8 Å². The minimum Gasteiger partial charge on any atom is -0.496 e. The molecule has 3 atom stereocenters. The predicted octanol–water partition coefficient (Wildman–Crippen LogP) is 3.99. The average Bonchev–Trinajstić information content (AvgIpc) is 2.65. The molecule has 142 valence electrons. The molecule has 1 fully saturated rings. The second-order valence-electron chi connectivity index (χ2n) is 7.08. The molecule has 0 heterocycles. The van der Waals surface area contributed by atoms with Crippen LogP contribution in [0.1, 0.15) is 31.4 Å². The number of rotatable bonds is 6. The smallest absolute Gasteiger partial charge is 0.307 e. The fourth-order valence-electron chi connectivity index (χ4n) is 3.59. The number of hydrogen-bond donors (Lipinski definition) is 1. The van der Waals surface area contributed by atoms with E-state index >= 15 is 0 Å². The van der Waals surface area contributed by atoms with Crippen LogP contribution in [0.25, 0.3) is 11.1 Å². The second kappa shape index (κ2) is 7.82. The SMILES string of the molecule is COc1ccccc1-c1ccc(C(C)N(C)C(=O)C2CCC2C(=O)O)cc1. The largest absolute Gasteiger partial charge is 0.496 e. The molecule has 0 radical (unpaired) electrons. The Morgan fingerprint density at radius 3 is 2.26 bits per heavy atom. The van der Waals surface area contributed by atoms with Crippen molar-refractivity contribution < 1.29 is 19.4 Å². The van der Waals surface area contributed by atoms with E-state index in [-0.39, 0.29) is 11.9 Å². The van der Waals surface area contributed by atoms with Crippen molar-refractivity contribution in [3.63, 3.8) is 0 Å². The third-order valence-corrected chi connectivity index (χ3v) is 5.65. The van der Waals surface area contributed by atoms with Crippen molar-refractivity contribution in [2.45, 2.75) is 25.8 Å². The van der Waals surface area contributed by atoms with Gasteiger partial charge in [0, 0.05) is 12.6 Å². The first-order valence-electron chi connectivity index (χ1n) is 9.17. The van der Waals surface area contributed by atoms with Crippen molar-refractivity contribution >= 4 is 11.9 Å². The van der Waals surface area contributed by atoms with E-state index in [2.05, 4.69) is 0 Å². The van der Waals surface area contributed by atoms with Crippen molar-refractivity contribution in [1.82, 2.24) is 4.90 Å². The summed E-state index contributed by atoms with van der Waals surface area (Å²) in [5, 5.41) is 9.19. The first kappa shape index (κ1) is 19.0. The zero-order valence-corrected chi connectivity index (χ0v) is 15.9. The molecule has 5 heteroatoms. The van der Waals surface area contributed by atoms with E-state index in [1.54, 1.807) is 19.1 Å². The Kier molecular flexibility index (Phi) is 5.49. The van der Waals surface area contributed by atoms with E-state index in [1.165, 1.54) is 0 Å². The summed E-state index contributed by atoms with van der Waals surface area (Å²) in [4.78, 5) is 25.5. The maximum absolute atomic E-state index is 12.7. The maximum atomic E-state index is 12.7. The Bertz CT molecular complexity index is 830. The van der Waals surface area contributed by atoms with Crippen LogP contribution in [0.5, 0.6) is 5.75 Å². The number of carboxylic acids is 1. The van der Waals surface area contributed by atoms with E-state index in [0.29, 0.717) is 12.8 Å². The van der Waals surface area contributed by atoms with Crippen molar-refractivity contribution in [2.24, 2.45) is 11.8 Å². The number of ether oxygens (including phenoxy) is 1. The molecule has 0 saturated heterocycles. The zero-order valence-electron chi connectivity index (χ0n) is 15.9. The van der Waals surface area contributed by atoms with Crippen molar-refractivity contribution in [2.75, 3.05) is 14.2 Å². The fraction of sp³-hybridized carbons (Fsp3) is 0.364. The van der Waals surface area contributed by atoms with Gasteiger partial charge in [-0.15, -0.1) is 0 Å². The molecule has 1 N–H and O–H groups in total. The Morgan fingerprint density at radius 2 is 1.70 bits per heavy atom. The van der Waals surface area contributed by atoms with E-state index in [9.17, 15) is 14.7 Å². The molecule has 2 aromatic carbocycles. The number of methoxy groups -OCH3 is 1. The lowest BCUT2D eigenvalue weighted by Gasteiger charge is -2.37. The highest BCUT2D eigenvalue weighted by Crippen LogP contribution is 2.37. The lowest BCUT2D eigenvalue weighted by molar-refractivity contribution is -0.156. The summed E-state index contributed by atoms with van der Waals surface area (Å²) in [7, 11) is 3.40. The van der Waals surface area contributed by atoms with Gasteiger partial charge >= 0.3 is 5.97 Å². The number of aliphatic carboxylic acids is 1. The van der Waals surface area contributed by atoms with Crippen LogP contribution in [-0.4, -0.2) is 36.0 Å². The fourth-order valence-corrected chi connectivity index (χ4v) is 3.59. The molecule has 1 saturated carbocycles. The summed E-state index contributed by atoms with van der Waals surface area (Å²) in [6, 6.07) is 15.8. The monoisotopic (exact) mass is 367 g/mol. The van der Waals surface area contributed by atoms with Gasteiger partial charge in [0.05, 0.1) is 25.0 Å². The highest BCUT2D eigenvalue weighted by Gasteiger charge is 2.43. The molecule has 1 aliphatic carbocycles. The van der Waals surface area contributed by atoms with Gasteiger partial charge in [-0.3, -0.25) is 9.59 Å². The molecule has 1 aliphatic rings. The molecule has 0 aliphatic heterocycles. The van der Waals surface area contributed by atoms with Crippen LogP contribution in [0.4, 0.5) is 0 Å². The number of benzene rings is 2. The standard InChI is InChI=1S/C22H25NO4/c1-14(23(2)21(24)18-12-13-19(18)22(25)26)15-8-10-16(11-9-15)17-6-4-5-7-20(17)27-3/h4-11,14,18-19H,12-13H2,1-3H3,(H,25,26). The van der Waals surface area contributed by atoms with Gasteiger partial charge < -0.3 is 14.7 Å². The Morgan fingerprint density at radius 1 is 1.07 bits per heavy atom. The van der Waals surface area contributed by atoms with Gasteiger partial charge in [0.1, 0.15) is 5.75 Å². The molecule has 0 bridgehead atoms. The summed E-state index contributed by atoms with van der Waals surface area (Å²) in [6.07, 6.45) is 1.24. The highest BCUT2D eigenvalue weighted by atomic mass is 16.5. The molecule has 27 heavy (non-hydrogen) atoms. The van der Waals surface area contributed by atoms with Gasteiger partial charge in [-0.2, -0.15) is 0 Å². The second-order valence-corrected chi connectivity index (χ2v) is 7.08. The summed E-state index contributed by atoms with van der Waals surface area (Å²) < 4.78 is 5.42. The highest BCUT2D eigenvalue weighted by molar-refractivity contribution is 5.86. The van der Waals surface area contributed by atoms with Crippen molar-refractivity contribution in [1.29, 1.82) is 0 Å². The summed E-state index contributed by atoms with van der Waals surface area (Å²) in [5.74, 6) is -1.09. The van der Waals surface area contributed by atoms with Crippen LogP contribution in [-0.2, 0) is 9.59 Å². The van der Waals surface area contributed by atoms with Crippen LogP contribution >= 0.6 is 0 Å². The summed E-state index contributed by atoms with van der Waals surface area (Å²) in [6.45, 7) is 1.96. The molecular formula is C22H25NO4. The van der Waals surface area contributed by atoms with Crippen LogP contribution in [0.2, 0.25) is 0 Å². The molecule has 5 nitrogen and oxygen atoms in total. The lowest BCUT2D eigenvalue weighted by Crippen LogP contribution is -2.45. The van der Waals surface area contributed by atoms with E-state index in [0.717, 1.165) is 22.4 Å². The van der Waals surface area contributed by atoms with Crippen LogP contribution in [0, 0.1) is 11.8 Å². The quantitative estimate of drug-likeness (QED) is 0.838. The van der Waals surface area contributed by atoms with Crippen molar-refractivity contribution in [3.05, 3.63) is 54.1 Å². The van der Waals surface area contributed by atoms with Gasteiger partial charge in [0.2, 0.25) is 5.91 Å². The van der Waals surface area contributed by atoms with Gasteiger partial charge in [0.15, 0.2) is 0 Å². The number of carbonyl (C=O) groups is 2. The van der Waals surface area contributed by atoms with Gasteiger partial charge in [-0.1, -0.05) is 42.5 Å². The summed E-state index contributed by atoms with van der Waals surface area (Å²) in [5.41, 5.74) is 3.07. The van der Waals surface area contributed by atoms with Gasteiger partial charge in [0.25, 0.3) is 0 Å². The van der Waals surface area contributed by atoms with Crippen LogP contribution < -0.4 is 4.74 Å². The van der Waals surface area contributed by atoms with E-state index < -0.39 is 17.8 Å². The minimum absolute atomic E-state index is 0.0880. The Balaban J connectivity index is 1.74. The number of para-hydroxylation sites is 1. The van der Waals surface area contributed by atoms with E-state index in [1.807, 2.05) is 55.5 Å². The minimum atomic E-state index is -0.873. The molecule has 2 aromatic rings. The number of nitrogens with zero attached hydrogens (tertiary/aromatic N) is 1. The average molecular weight is 367 g/mol. The Hall–Kier alpha value is -2.82. The predicted molar refractivity (Wildman–Crippen MR) is 103 cm³/mol. The number of hydrogen-bond acceptors (Lipinski definition) is 3. The van der Waals surface area contributed by atoms with Crippen LogP contribution in [0.3, 0.4) is 0 Å². The van der Waals surface area contributed by atoms with E-state index in [4.69, 9.17) is 4.74 Å². The number of carbonyl (C=O) groups excluding carboxylic acids is 1. The number of amides is 1. The van der Waals surface area contributed by atoms with Gasteiger partial charge in [-0.05, 0) is 37.0 Å². The molecule has 0 spiro atoms. The van der Waals surface area contributed by atoms with Gasteiger partial charge in [-0.25, -0.2) is 0 Å². The summed E-state index contributed by atoms with van der Waals surface area (Å²) >= 11 is 0. The zero-order chi connectivity index (χ0) is 19.6. The third kappa shape index (κ3) is 3.68. The molecule has 1 amide bonds. The first-order valence-corrected chi connectivity index (χ1v) is 9.17. The Labute approximate surface area is 159 Å². The third-order valence-electron chi connectivity index (χ3n) is 5.65.